The summed E-state index contributed by atoms with van der Waals surface area (Å²) in [4.78, 5) is 23.8. The number of fused-ring (bicyclic) bond motifs is 1. The quantitative estimate of drug-likeness (QED) is 0.191. The Morgan fingerprint density at radius 3 is 2.64 bits per heavy atom. The van der Waals surface area contributed by atoms with Crippen molar-refractivity contribution >= 4 is 53.1 Å². The Morgan fingerprint density at radius 1 is 1.21 bits per heavy atom. The average Bonchev–Trinajstić information content (AvgIpc) is 3.04. The Kier molecular flexibility index (Phi) is 10.8. The van der Waals surface area contributed by atoms with E-state index >= 15 is 0 Å². The van der Waals surface area contributed by atoms with Crippen LogP contribution in [0.25, 0.3) is 0 Å². The molecule has 3 N–H and O–H groups in total. The second-order valence-electron chi connectivity index (χ2n) is 8.16. The Hall–Kier alpha value is -1.51. The van der Waals surface area contributed by atoms with Crippen molar-refractivity contribution in [2.45, 2.75) is 57.0 Å². The molecule has 33 heavy (non-hydrogen) atoms. The van der Waals surface area contributed by atoms with Crippen LogP contribution in [-0.4, -0.2) is 69.0 Å². The third-order valence-electron chi connectivity index (χ3n) is 5.73. The molecule has 0 aromatic heterocycles. The van der Waals surface area contributed by atoms with Crippen molar-refractivity contribution in [1.82, 2.24) is 0 Å². The van der Waals surface area contributed by atoms with Crippen LogP contribution in [0.4, 0.5) is 0 Å². The van der Waals surface area contributed by atoms with Gasteiger partial charge in [0.15, 0.2) is 5.78 Å². The minimum atomic E-state index is -0.886. The molecule has 0 heterocycles. The normalized spacial score (nSPS) is 16.7. The number of phenolic OH excluding ortho intramolecular Hbond substituents is 1. The van der Waals surface area contributed by atoms with Crippen LogP contribution in [0.2, 0.25) is 0 Å². The standard InChI is InChI=1S/C25H30O6S.Na.H/c1-3-5-21-22(9-8-19(15(2)26)25(21)30)31-10-4-11-32-18-6-7-20-16(13-18)12-17(24(20)29)14-23(27)28;;/h6-9,13,17,24,29-30H,3-5,10-12,14H2,1-2H3,(H,27,28);;. The molecule has 0 fully saturated rings. The number of benzene rings is 2. The summed E-state index contributed by atoms with van der Waals surface area (Å²) in [5.74, 6) is 0.157. The number of thioether (sulfide) groups is 1. The Bertz CT molecular complexity index is 993. The minimum absolute atomic E-state index is 0. The molecule has 0 saturated heterocycles. The number of ketones is 1. The van der Waals surface area contributed by atoms with Crippen molar-refractivity contribution in [3.63, 3.8) is 0 Å². The molecular formula is C25H31NaO6S. The van der Waals surface area contributed by atoms with Gasteiger partial charge in [0, 0.05) is 22.1 Å². The second kappa shape index (κ2) is 12.8. The predicted octanol–water partition coefficient (Wildman–Crippen LogP) is 4.14. The van der Waals surface area contributed by atoms with Gasteiger partial charge in [0.05, 0.1) is 24.7 Å². The van der Waals surface area contributed by atoms with E-state index < -0.39 is 12.1 Å². The number of hydrogen-bond donors (Lipinski definition) is 3. The molecule has 174 valence electrons. The molecule has 2 aromatic rings. The molecule has 0 aliphatic heterocycles. The number of phenols is 1. The number of aliphatic carboxylic acids is 1. The van der Waals surface area contributed by atoms with Crippen molar-refractivity contribution in [3.8, 4) is 11.5 Å². The van der Waals surface area contributed by atoms with E-state index in [1.54, 1.807) is 23.9 Å². The van der Waals surface area contributed by atoms with Crippen LogP contribution < -0.4 is 4.74 Å². The number of aliphatic hydroxyl groups excluding tert-OH is 1. The molecule has 0 radical (unpaired) electrons. The van der Waals surface area contributed by atoms with E-state index in [9.17, 15) is 19.8 Å². The third-order valence-corrected chi connectivity index (χ3v) is 6.81. The van der Waals surface area contributed by atoms with Gasteiger partial charge in [-0.05, 0) is 61.6 Å². The van der Waals surface area contributed by atoms with E-state index in [-0.39, 0.29) is 53.4 Å². The zero-order valence-electron chi connectivity index (χ0n) is 18.5. The third kappa shape index (κ3) is 6.99. The summed E-state index contributed by atoms with van der Waals surface area (Å²) < 4.78 is 5.91. The summed E-state index contributed by atoms with van der Waals surface area (Å²) in [6.45, 7) is 3.95. The van der Waals surface area contributed by atoms with E-state index in [2.05, 4.69) is 0 Å². The number of hydrogen-bond acceptors (Lipinski definition) is 6. The second-order valence-corrected chi connectivity index (χ2v) is 9.33. The van der Waals surface area contributed by atoms with Gasteiger partial charge in [-0.15, -0.1) is 11.8 Å². The van der Waals surface area contributed by atoms with Gasteiger partial charge in [-0.25, -0.2) is 0 Å². The topological polar surface area (TPSA) is 104 Å². The Morgan fingerprint density at radius 2 is 1.97 bits per heavy atom. The summed E-state index contributed by atoms with van der Waals surface area (Å²) in [5, 5.41) is 29.8. The fourth-order valence-corrected chi connectivity index (χ4v) is 5.04. The van der Waals surface area contributed by atoms with Crippen molar-refractivity contribution < 1.29 is 29.6 Å². The fraction of sp³-hybridized carbons (Fsp3) is 0.440. The van der Waals surface area contributed by atoms with E-state index in [4.69, 9.17) is 9.84 Å². The molecule has 1 aliphatic carbocycles. The van der Waals surface area contributed by atoms with Crippen LogP contribution in [0.5, 0.6) is 11.5 Å². The molecular weight excluding hydrogens is 451 g/mol. The Balaban J connectivity index is 0.00000385. The van der Waals surface area contributed by atoms with Gasteiger partial charge >= 0.3 is 35.5 Å². The number of carboxylic acid groups (broad SMARTS) is 1. The van der Waals surface area contributed by atoms with Gasteiger partial charge in [0.2, 0.25) is 0 Å². The summed E-state index contributed by atoms with van der Waals surface area (Å²) in [6.07, 6.45) is 2.12. The number of rotatable bonds is 11. The number of aliphatic hydroxyl groups is 1. The van der Waals surface area contributed by atoms with Crippen LogP contribution in [-0.2, 0) is 17.6 Å². The number of Topliss-reactive ketones (excluding diaryl/α,β-unsaturated/α-hetero) is 1. The number of ether oxygens (including phenoxy) is 1. The van der Waals surface area contributed by atoms with E-state index in [0.29, 0.717) is 36.3 Å². The molecule has 0 bridgehead atoms. The zero-order valence-corrected chi connectivity index (χ0v) is 19.3. The van der Waals surface area contributed by atoms with Crippen LogP contribution in [0, 0.1) is 5.92 Å². The van der Waals surface area contributed by atoms with Crippen molar-refractivity contribution in [2.75, 3.05) is 12.4 Å². The first-order valence-corrected chi connectivity index (χ1v) is 11.9. The number of carbonyl (C=O) groups is 2. The molecule has 0 spiro atoms. The summed E-state index contributed by atoms with van der Waals surface area (Å²) in [6, 6.07) is 9.28. The average molecular weight is 483 g/mol. The van der Waals surface area contributed by atoms with Crippen LogP contribution in [0.15, 0.2) is 35.2 Å². The monoisotopic (exact) mass is 482 g/mol. The maximum absolute atomic E-state index is 11.7. The SMILES string of the molecule is CCCc1c(OCCCSc2ccc3c(c2)CC(CC(=O)O)C3O)ccc(C(C)=O)c1O.[NaH]. The molecule has 6 nitrogen and oxygen atoms in total. The van der Waals surface area contributed by atoms with E-state index in [0.717, 1.165) is 34.6 Å². The molecule has 0 saturated carbocycles. The van der Waals surface area contributed by atoms with Crippen LogP contribution in [0.3, 0.4) is 0 Å². The zero-order chi connectivity index (χ0) is 23.3. The van der Waals surface area contributed by atoms with Gasteiger partial charge in [-0.3, -0.25) is 9.59 Å². The van der Waals surface area contributed by atoms with Gasteiger partial charge in [-0.2, -0.15) is 0 Å². The predicted molar refractivity (Wildman–Crippen MR) is 131 cm³/mol. The summed E-state index contributed by atoms with van der Waals surface area (Å²) in [5.41, 5.74) is 2.86. The number of aromatic hydroxyl groups is 1. The summed E-state index contributed by atoms with van der Waals surface area (Å²) >= 11 is 1.69. The van der Waals surface area contributed by atoms with E-state index in [1.807, 2.05) is 25.1 Å². The molecule has 2 unspecified atom stereocenters. The van der Waals surface area contributed by atoms with Gasteiger partial charge in [0.1, 0.15) is 11.5 Å². The number of carbonyl (C=O) groups excluding carboxylic acids is 1. The van der Waals surface area contributed by atoms with Crippen LogP contribution in [0.1, 0.15) is 66.3 Å². The van der Waals surface area contributed by atoms with Gasteiger partial charge in [0.25, 0.3) is 0 Å². The molecule has 2 aromatic carbocycles. The fourth-order valence-electron chi connectivity index (χ4n) is 4.15. The maximum atomic E-state index is 11.7. The van der Waals surface area contributed by atoms with Crippen molar-refractivity contribution in [2.24, 2.45) is 5.92 Å². The van der Waals surface area contributed by atoms with Crippen molar-refractivity contribution in [1.29, 1.82) is 0 Å². The first kappa shape index (κ1) is 27.7. The number of carboxylic acids is 1. The molecule has 8 heteroatoms. The Labute approximate surface area is 221 Å². The molecule has 2 atom stereocenters. The van der Waals surface area contributed by atoms with Gasteiger partial charge in [-0.1, -0.05) is 19.4 Å². The van der Waals surface area contributed by atoms with Crippen LogP contribution >= 0.6 is 11.8 Å². The first-order chi connectivity index (χ1) is 15.3. The first-order valence-electron chi connectivity index (χ1n) is 11.0. The van der Waals surface area contributed by atoms with Crippen molar-refractivity contribution in [3.05, 3.63) is 52.6 Å². The van der Waals surface area contributed by atoms with Gasteiger partial charge < -0.3 is 20.1 Å². The summed E-state index contributed by atoms with van der Waals surface area (Å²) in [7, 11) is 0. The molecule has 0 amide bonds. The van der Waals surface area contributed by atoms with E-state index in [1.165, 1.54) is 6.92 Å². The molecule has 1 aliphatic rings. The molecule has 3 rings (SSSR count).